The highest BCUT2D eigenvalue weighted by atomic mass is 16.3. The summed E-state index contributed by atoms with van der Waals surface area (Å²) in [5.74, 6) is -0.0255. The largest absolute Gasteiger partial charge is 0.507 e. The number of carbonyl (C=O) groups is 2. The van der Waals surface area contributed by atoms with Crippen LogP contribution in [0.3, 0.4) is 0 Å². The van der Waals surface area contributed by atoms with Gasteiger partial charge in [-0.1, -0.05) is 13.3 Å². The highest BCUT2D eigenvalue weighted by molar-refractivity contribution is 6.04. The van der Waals surface area contributed by atoms with Crippen LogP contribution in [0.1, 0.15) is 61.5 Å². The van der Waals surface area contributed by atoms with E-state index in [2.05, 4.69) is 20.7 Å². The van der Waals surface area contributed by atoms with Crippen molar-refractivity contribution in [2.45, 2.75) is 51.5 Å². The molecular weight excluding hydrogens is 406 g/mol. The summed E-state index contributed by atoms with van der Waals surface area (Å²) in [6, 6.07) is 9.77. The van der Waals surface area contributed by atoms with Crippen molar-refractivity contribution in [1.29, 1.82) is 0 Å². The minimum atomic E-state index is -0.294. The molecule has 3 aromatic rings. The maximum Gasteiger partial charge on any atom is 0.342 e. The van der Waals surface area contributed by atoms with Crippen LogP contribution in [0.15, 0.2) is 48.8 Å². The molecule has 1 unspecified atom stereocenters. The molecule has 0 spiro atoms. The fraction of sp³-hybridized carbons (Fsp3) is 0.333. The first-order valence-electron chi connectivity index (χ1n) is 10.9. The van der Waals surface area contributed by atoms with Crippen molar-refractivity contribution in [2.24, 2.45) is 0 Å². The zero-order valence-electron chi connectivity index (χ0n) is 18.2. The minimum Gasteiger partial charge on any atom is -0.507 e. The first kappa shape index (κ1) is 21.5. The zero-order valence-corrected chi connectivity index (χ0v) is 18.2. The van der Waals surface area contributed by atoms with Gasteiger partial charge in [-0.3, -0.25) is 9.78 Å². The Morgan fingerprint density at radius 3 is 2.56 bits per heavy atom. The summed E-state index contributed by atoms with van der Waals surface area (Å²) in [5, 5.41) is 20.9. The molecule has 0 bridgehead atoms. The second kappa shape index (κ2) is 9.21. The lowest BCUT2D eigenvalue weighted by Gasteiger charge is -2.25. The number of phenolic OH excluding ortho intramolecular Hbond substituents is 1. The smallest absolute Gasteiger partial charge is 0.342 e. The molecule has 1 aromatic carbocycles. The van der Waals surface area contributed by atoms with Gasteiger partial charge in [0.25, 0.3) is 5.91 Å². The van der Waals surface area contributed by atoms with Crippen molar-refractivity contribution in [3.8, 4) is 17.0 Å². The molecule has 4 rings (SSSR count). The van der Waals surface area contributed by atoms with E-state index in [1.165, 1.54) is 10.7 Å². The molecule has 1 aliphatic rings. The fourth-order valence-electron chi connectivity index (χ4n) is 3.59. The Bertz CT molecular complexity index is 1120. The van der Waals surface area contributed by atoms with Gasteiger partial charge in [-0.05, 0) is 56.5 Å². The number of pyridine rings is 1. The Kier molecular flexibility index (Phi) is 6.20. The van der Waals surface area contributed by atoms with Gasteiger partial charge < -0.3 is 15.7 Å². The summed E-state index contributed by atoms with van der Waals surface area (Å²) < 4.78 is 1.43. The van der Waals surface area contributed by atoms with Crippen LogP contribution in [0, 0.1) is 0 Å². The lowest BCUT2D eigenvalue weighted by Crippen LogP contribution is -2.37. The molecule has 1 fully saturated rings. The molecule has 1 aliphatic carbocycles. The Morgan fingerprint density at radius 1 is 1.19 bits per heavy atom. The average Bonchev–Trinajstić information content (AvgIpc) is 3.17. The third-order valence-electron chi connectivity index (χ3n) is 5.91. The second-order valence-corrected chi connectivity index (χ2v) is 8.17. The maximum atomic E-state index is 12.8. The van der Waals surface area contributed by atoms with E-state index < -0.39 is 0 Å². The van der Waals surface area contributed by atoms with Gasteiger partial charge in [-0.2, -0.15) is 9.78 Å². The number of phenols is 1. The molecule has 8 heteroatoms. The van der Waals surface area contributed by atoms with Crippen molar-refractivity contribution >= 4 is 17.6 Å². The number of carbonyl (C=O) groups excluding carboxylic acids is 2. The Labute approximate surface area is 186 Å². The minimum absolute atomic E-state index is 0.0235. The Hall–Kier alpha value is -3.68. The van der Waals surface area contributed by atoms with Crippen molar-refractivity contribution in [3.05, 3.63) is 60.0 Å². The van der Waals surface area contributed by atoms with Crippen molar-refractivity contribution in [3.63, 3.8) is 0 Å². The van der Waals surface area contributed by atoms with E-state index >= 15 is 0 Å². The van der Waals surface area contributed by atoms with Gasteiger partial charge in [-0.25, -0.2) is 4.79 Å². The van der Waals surface area contributed by atoms with E-state index in [0.717, 1.165) is 31.4 Å². The fourth-order valence-corrected chi connectivity index (χ4v) is 3.59. The molecule has 166 valence electrons. The summed E-state index contributed by atoms with van der Waals surface area (Å²) in [4.78, 5) is 29.0. The zero-order chi connectivity index (χ0) is 22.7. The molecule has 2 aromatic heterocycles. The van der Waals surface area contributed by atoms with Crippen LogP contribution in [0.2, 0.25) is 0 Å². The molecule has 3 N–H and O–H groups in total. The van der Waals surface area contributed by atoms with Crippen molar-refractivity contribution < 1.29 is 14.7 Å². The number of nitrogens with zero attached hydrogens (tertiary/aromatic N) is 3. The highest BCUT2D eigenvalue weighted by Gasteiger charge is 2.28. The lowest BCUT2D eigenvalue weighted by atomic mass is 9.82. The van der Waals surface area contributed by atoms with Crippen LogP contribution in [0.4, 0.5) is 10.5 Å². The van der Waals surface area contributed by atoms with Crippen LogP contribution in [-0.2, 0) is 0 Å². The SMILES string of the molecule is CCC(C)NC(=O)n1nc(-c2ccc(NC(=O)c3ccncc3)cc2O)cc1C1CCC1. The molecule has 1 saturated carbocycles. The normalized spacial score (nSPS) is 14.4. The third-order valence-corrected chi connectivity index (χ3v) is 5.91. The molecule has 8 nitrogen and oxygen atoms in total. The lowest BCUT2D eigenvalue weighted by molar-refractivity contribution is 0.102. The number of aromatic hydroxyl groups is 1. The van der Waals surface area contributed by atoms with Crippen LogP contribution in [0.25, 0.3) is 11.3 Å². The molecule has 2 amide bonds. The molecule has 0 radical (unpaired) electrons. The van der Waals surface area contributed by atoms with E-state index in [4.69, 9.17) is 0 Å². The second-order valence-electron chi connectivity index (χ2n) is 8.17. The first-order chi connectivity index (χ1) is 15.5. The summed E-state index contributed by atoms with van der Waals surface area (Å²) in [5.41, 5.74) is 2.82. The van der Waals surface area contributed by atoms with Crippen LogP contribution in [-0.4, -0.2) is 37.9 Å². The Balaban J connectivity index is 1.59. The Morgan fingerprint density at radius 2 is 1.94 bits per heavy atom. The number of amides is 2. The van der Waals surface area contributed by atoms with Crippen molar-refractivity contribution in [1.82, 2.24) is 20.1 Å². The average molecular weight is 434 g/mol. The number of aromatic nitrogens is 3. The van der Waals surface area contributed by atoms with Gasteiger partial charge in [0.2, 0.25) is 0 Å². The summed E-state index contributed by atoms with van der Waals surface area (Å²) in [7, 11) is 0. The molecule has 0 aliphatic heterocycles. The standard InChI is InChI=1S/C24H27N5O3/c1-3-15(2)26-24(32)29-21(16-5-4-6-16)14-20(28-29)19-8-7-18(13-22(19)30)27-23(31)17-9-11-25-12-10-17/h7-16,30H,3-6H2,1-2H3,(H,26,32)(H,27,31). The van der Waals surface area contributed by atoms with Crippen LogP contribution < -0.4 is 10.6 Å². The number of rotatable bonds is 6. The number of anilines is 1. The molecule has 32 heavy (non-hydrogen) atoms. The number of benzene rings is 1. The van der Waals surface area contributed by atoms with E-state index in [0.29, 0.717) is 28.4 Å². The number of nitrogens with one attached hydrogen (secondary N) is 2. The van der Waals surface area contributed by atoms with E-state index in [1.807, 2.05) is 19.9 Å². The summed E-state index contributed by atoms with van der Waals surface area (Å²) >= 11 is 0. The van der Waals surface area contributed by atoms with Gasteiger partial charge in [0.15, 0.2) is 0 Å². The monoisotopic (exact) mass is 433 g/mol. The number of hydrogen-bond acceptors (Lipinski definition) is 5. The van der Waals surface area contributed by atoms with Gasteiger partial charge in [0.05, 0.1) is 11.4 Å². The molecule has 2 heterocycles. The van der Waals surface area contributed by atoms with E-state index in [1.54, 1.807) is 36.7 Å². The van der Waals surface area contributed by atoms with Gasteiger partial charge in [0, 0.05) is 47.2 Å². The van der Waals surface area contributed by atoms with E-state index in [9.17, 15) is 14.7 Å². The highest BCUT2D eigenvalue weighted by Crippen LogP contribution is 2.39. The number of hydrogen-bond donors (Lipinski definition) is 3. The summed E-state index contributed by atoms with van der Waals surface area (Å²) in [6.45, 7) is 3.97. The van der Waals surface area contributed by atoms with Crippen molar-refractivity contribution in [2.75, 3.05) is 5.32 Å². The topological polar surface area (TPSA) is 109 Å². The predicted molar refractivity (Wildman–Crippen MR) is 122 cm³/mol. The predicted octanol–water partition coefficient (Wildman–Crippen LogP) is 4.53. The molecule has 1 atom stereocenters. The first-order valence-corrected chi connectivity index (χ1v) is 10.9. The maximum absolute atomic E-state index is 12.8. The van der Waals surface area contributed by atoms with Gasteiger partial charge >= 0.3 is 6.03 Å². The van der Waals surface area contributed by atoms with Gasteiger partial charge in [-0.15, -0.1) is 0 Å². The quantitative estimate of drug-likeness (QED) is 0.529. The van der Waals surface area contributed by atoms with Gasteiger partial charge in [0.1, 0.15) is 5.75 Å². The van der Waals surface area contributed by atoms with Crippen LogP contribution >= 0.6 is 0 Å². The summed E-state index contributed by atoms with van der Waals surface area (Å²) in [6.07, 6.45) is 7.09. The molecular formula is C24H27N5O3. The molecule has 0 saturated heterocycles. The van der Waals surface area contributed by atoms with Crippen LogP contribution in [0.5, 0.6) is 5.75 Å². The third kappa shape index (κ3) is 4.49. The van der Waals surface area contributed by atoms with E-state index in [-0.39, 0.29) is 23.7 Å².